The van der Waals surface area contributed by atoms with Crippen LogP contribution in [0.4, 0.5) is 5.82 Å². The van der Waals surface area contributed by atoms with Crippen LogP contribution in [-0.4, -0.2) is 35.4 Å². The van der Waals surface area contributed by atoms with Crippen molar-refractivity contribution >= 4 is 23.4 Å². The number of aryl methyl sites for hydroxylation is 1. The van der Waals surface area contributed by atoms with Gasteiger partial charge in [-0.1, -0.05) is 0 Å². The fourth-order valence-corrected chi connectivity index (χ4v) is 2.83. The van der Waals surface area contributed by atoms with Gasteiger partial charge in [0.2, 0.25) is 0 Å². The summed E-state index contributed by atoms with van der Waals surface area (Å²) in [6, 6.07) is 3.78. The maximum Gasteiger partial charge on any atom is 0.129 e. The molecule has 2 rings (SSSR count). The first-order valence-electron chi connectivity index (χ1n) is 5.82. The van der Waals surface area contributed by atoms with Crippen molar-refractivity contribution < 1.29 is 0 Å². The van der Waals surface area contributed by atoms with Crippen LogP contribution in [0.15, 0.2) is 12.1 Å². The third-order valence-electron chi connectivity index (χ3n) is 2.80. The van der Waals surface area contributed by atoms with Crippen LogP contribution in [0.5, 0.6) is 0 Å². The topological polar surface area (TPSA) is 66.0 Å². The molecule has 0 bridgehead atoms. The van der Waals surface area contributed by atoms with E-state index < -0.39 is 0 Å². The maximum absolute atomic E-state index is 7.51. The summed E-state index contributed by atoms with van der Waals surface area (Å²) in [4.78, 5) is 6.84. The molecule has 0 aromatic carbocycles. The quantitative estimate of drug-likeness (QED) is 0.618. The third kappa shape index (κ3) is 3.12. The van der Waals surface area contributed by atoms with Crippen LogP contribution in [0.25, 0.3) is 0 Å². The molecule has 92 valence electrons. The van der Waals surface area contributed by atoms with Gasteiger partial charge in [-0.25, -0.2) is 4.98 Å². The van der Waals surface area contributed by atoms with Gasteiger partial charge in [-0.15, -0.1) is 0 Å². The van der Waals surface area contributed by atoms with Crippen molar-refractivity contribution in [2.24, 2.45) is 5.73 Å². The lowest BCUT2D eigenvalue weighted by atomic mass is 10.2. The van der Waals surface area contributed by atoms with E-state index in [1.807, 2.05) is 30.8 Å². The molecule has 1 saturated heterocycles. The van der Waals surface area contributed by atoms with Crippen LogP contribution in [-0.2, 0) is 0 Å². The van der Waals surface area contributed by atoms with Gasteiger partial charge < -0.3 is 10.6 Å². The van der Waals surface area contributed by atoms with Gasteiger partial charge in [-0.2, -0.15) is 11.8 Å². The summed E-state index contributed by atoms with van der Waals surface area (Å²) in [7, 11) is 0. The van der Waals surface area contributed by atoms with E-state index in [1.54, 1.807) is 0 Å². The molecular weight excluding hydrogens is 232 g/mol. The van der Waals surface area contributed by atoms with Crippen LogP contribution in [0, 0.1) is 12.3 Å². The second-order valence-electron chi connectivity index (χ2n) is 4.22. The molecule has 1 aliphatic rings. The van der Waals surface area contributed by atoms with E-state index in [4.69, 9.17) is 11.1 Å². The van der Waals surface area contributed by atoms with Crippen LogP contribution in [0.2, 0.25) is 0 Å². The zero-order chi connectivity index (χ0) is 12.3. The van der Waals surface area contributed by atoms with E-state index in [-0.39, 0.29) is 5.84 Å². The number of thioether (sulfide) groups is 1. The lowest BCUT2D eigenvalue weighted by Crippen LogP contribution is -2.27. The SMILES string of the molecule is Cc1cc(C(=N)N)cc(N2CCCSCC2)n1. The molecule has 0 radical (unpaired) electrons. The summed E-state index contributed by atoms with van der Waals surface area (Å²) in [5, 5.41) is 7.51. The first kappa shape index (κ1) is 12.2. The minimum absolute atomic E-state index is 0.112. The van der Waals surface area contributed by atoms with Gasteiger partial charge in [0.1, 0.15) is 11.7 Å². The molecule has 3 N–H and O–H groups in total. The first-order valence-corrected chi connectivity index (χ1v) is 6.98. The Morgan fingerprint density at radius 3 is 3.00 bits per heavy atom. The molecule has 0 amide bonds. The molecule has 2 heterocycles. The molecule has 5 heteroatoms. The molecule has 1 aromatic rings. The standard InChI is InChI=1S/C12H18N4S/c1-9-7-10(12(13)14)8-11(15-9)16-3-2-5-17-6-4-16/h7-8H,2-6H2,1H3,(H3,13,14). The lowest BCUT2D eigenvalue weighted by Gasteiger charge is -2.22. The highest BCUT2D eigenvalue weighted by atomic mass is 32.2. The van der Waals surface area contributed by atoms with Crippen molar-refractivity contribution in [1.82, 2.24) is 4.98 Å². The fourth-order valence-electron chi connectivity index (χ4n) is 1.94. The second kappa shape index (κ2) is 5.40. The number of aromatic nitrogens is 1. The number of nitrogen functional groups attached to an aromatic ring is 1. The summed E-state index contributed by atoms with van der Waals surface area (Å²) < 4.78 is 0. The van der Waals surface area contributed by atoms with E-state index >= 15 is 0 Å². The van der Waals surface area contributed by atoms with E-state index in [0.29, 0.717) is 0 Å². The number of pyridine rings is 1. The van der Waals surface area contributed by atoms with Gasteiger partial charge >= 0.3 is 0 Å². The van der Waals surface area contributed by atoms with Gasteiger partial charge in [0.05, 0.1) is 0 Å². The Kier molecular flexibility index (Phi) is 3.89. The molecule has 0 unspecified atom stereocenters. The molecule has 1 fully saturated rings. The van der Waals surface area contributed by atoms with Crippen molar-refractivity contribution in [3.63, 3.8) is 0 Å². The highest BCUT2D eigenvalue weighted by molar-refractivity contribution is 7.99. The molecule has 1 aliphatic heterocycles. The van der Waals surface area contributed by atoms with Gasteiger partial charge in [0.25, 0.3) is 0 Å². The number of nitrogens with two attached hydrogens (primary N) is 1. The van der Waals surface area contributed by atoms with Crippen LogP contribution in [0.1, 0.15) is 17.7 Å². The Bertz CT molecular complexity index is 411. The van der Waals surface area contributed by atoms with E-state index in [2.05, 4.69) is 9.88 Å². The van der Waals surface area contributed by atoms with Crippen LogP contribution in [0.3, 0.4) is 0 Å². The molecule has 0 aliphatic carbocycles. The minimum atomic E-state index is 0.112. The van der Waals surface area contributed by atoms with Crippen molar-refractivity contribution in [2.45, 2.75) is 13.3 Å². The Morgan fingerprint density at radius 2 is 2.24 bits per heavy atom. The zero-order valence-corrected chi connectivity index (χ0v) is 10.9. The number of anilines is 1. The number of rotatable bonds is 2. The molecule has 1 aromatic heterocycles. The van der Waals surface area contributed by atoms with Gasteiger partial charge in [-0.3, -0.25) is 5.41 Å². The smallest absolute Gasteiger partial charge is 0.129 e. The average Bonchev–Trinajstić information content (AvgIpc) is 2.56. The molecule has 4 nitrogen and oxygen atoms in total. The largest absolute Gasteiger partial charge is 0.384 e. The number of hydrogen-bond acceptors (Lipinski definition) is 4. The summed E-state index contributed by atoms with van der Waals surface area (Å²) in [6.45, 7) is 4.02. The average molecular weight is 250 g/mol. The molecule has 0 atom stereocenters. The van der Waals surface area contributed by atoms with Crippen molar-refractivity contribution in [3.05, 3.63) is 23.4 Å². The molecule has 0 saturated carbocycles. The Hall–Kier alpha value is -1.23. The van der Waals surface area contributed by atoms with Crippen molar-refractivity contribution in [3.8, 4) is 0 Å². The van der Waals surface area contributed by atoms with Crippen molar-refractivity contribution in [1.29, 1.82) is 5.41 Å². The third-order valence-corrected chi connectivity index (χ3v) is 3.85. The van der Waals surface area contributed by atoms with Crippen LogP contribution >= 0.6 is 11.8 Å². The predicted molar refractivity (Wildman–Crippen MR) is 74.1 cm³/mol. The number of nitrogens with zero attached hydrogens (tertiary/aromatic N) is 2. The predicted octanol–water partition coefficient (Wildman–Crippen LogP) is 1.62. The van der Waals surface area contributed by atoms with Gasteiger partial charge in [0.15, 0.2) is 0 Å². The summed E-state index contributed by atoms with van der Waals surface area (Å²) in [5.74, 6) is 3.44. The number of nitrogens with one attached hydrogen (secondary N) is 1. The summed E-state index contributed by atoms with van der Waals surface area (Å²) in [6.07, 6.45) is 1.19. The maximum atomic E-state index is 7.51. The Labute approximate surface area is 106 Å². The first-order chi connectivity index (χ1) is 8.16. The monoisotopic (exact) mass is 250 g/mol. The fraction of sp³-hybridized carbons (Fsp3) is 0.500. The molecule has 0 spiro atoms. The van der Waals surface area contributed by atoms with Gasteiger partial charge in [-0.05, 0) is 31.2 Å². The summed E-state index contributed by atoms with van der Waals surface area (Å²) >= 11 is 1.99. The highest BCUT2D eigenvalue weighted by Gasteiger charge is 2.12. The second-order valence-corrected chi connectivity index (χ2v) is 5.45. The number of amidine groups is 1. The summed E-state index contributed by atoms with van der Waals surface area (Å²) in [5.41, 5.74) is 7.23. The lowest BCUT2D eigenvalue weighted by molar-refractivity contribution is 0.799. The van der Waals surface area contributed by atoms with E-state index in [1.165, 1.54) is 12.2 Å². The minimum Gasteiger partial charge on any atom is -0.384 e. The zero-order valence-electron chi connectivity index (χ0n) is 10.1. The Balaban J connectivity index is 2.27. The molecule has 17 heavy (non-hydrogen) atoms. The highest BCUT2D eigenvalue weighted by Crippen LogP contribution is 2.19. The van der Waals surface area contributed by atoms with Crippen molar-refractivity contribution in [2.75, 3.05) is 29.5 Å². The molecular formula is C12H18N4S. The number of hydrogen-bond donors (Lipinski definition) is 2. The normalized spacial score (nSPS) is 16.6. The Morgan fingerprint density at radius 1 is 1.41 bits per heavy atom. The van der Waals surface area contributed by atoms with E-state index in [0.717, 1.165) is 35.9 Å². The van der Waals surface area contributed by atoms with E-state index in [9.17, 15) is 0 Å². The van der Waals surface area contributed by atoms with Gasteiger partial charge in [0, 0.05) is 30.1 Å². The van der Waals surface area contributed by atoms with Crippen LogP contribution < -0.4 is 10.6 Å².